The summed E-state index contributed by atoms with van der Waals surface area (Å²) in [5.74, 6) is 0. The molecule has 0 aliphatic rings. The fraction of sp³-hybridized carbons (Fsp3) is 0.0714. The molecule has 0 aliphatic heterocycles. The predicted octanol–water partition coefficient (Wildman–Crippen LogP) is 4.06. The Morgan fingerprint density at radius 1 is 1.28 bits per heavy atom. The molecule has 4 heteroatoms. The lowest BCUT2D eigenvalue weighted by molar-refractivity contribution is 1.17. The first-order valence-electron chi connectivity index (χ1n) is 5.44. The molecule has 0 spiro atoms. The zero-order chi connectivity index (χ0) is 12.8. The standard InChI is InChI=1S/C14H10N4/c15-9-11(10-17-18-16)8-13-6-3-5-12-4-1-2-7-14(12)13/h1-8H,10H2/b11-8+. The Morgan fingerprint density at radius 2 is 2.06 bits per heavy atom. The van der Waals surface area contributed by atoms with Crippen molar-refractivity contribution < 1.29 is 0 Å². The highest BCUT2D eigenvalue weighted by molar-refractivity contribution is 5.91. The molecule has 0 bridgehead atoms. The van der Waals surface area contributed by atoms with Gasteiger partial charge in [-0.1, -0.05) is 47.6 Å². The van der Waals surface area contributed by atoms with Crippen LogP contribution in [0, 0.1) is 11.3 Å². The van der Waals surface area contributed by atoms with Crippen molar-refractivity contribution in [2.75, 3.05) is 6.54 Å². The maximum Gasteiger partial charge on any atom is 0.0948 e. The molecule has 0 N–H and O–H groups in total. The van der Waals surface area contributed by atoms with Gasteiger partial charge in [0.25, 0.3) is 0 Å². The Labute approximate surface area is 104 Å². The molecule has 0 heterocycles. The second-order valence-corrected chi connectivity index (χ2v) is 3.74. The van der Waals surface area contributed by atoms with Crippen LogP contribution in [-0.4, -0.2) is 6.54 Å². The fourth-order valence-corrected chi connectivity index (χ4v) is 1.79. The number of hydrogen-bond donors (Lipinski definition) is 0. The van der Waals surface area contributed by atoms with E-state index in [9.17, 15) is 0 Å². The van der Waals surface area contributed by atoms with Gasteiger partial charge < -0.3 is 0 Å². The molecule has 2 aromatic carbocycles. The number of fused-ring (bicyclic) bond motifs is 1. The summed E-state index contributed by atoms with van der Waals surface area (Å²) in [6, 6.07) is 15.9. The zero-order valence-corrected chi connectivity index (χ0v) is 9.61. The number of benzene rings is 2. The van der Waals surface area contributed by atoms with Crippen LogP contribution in [0.1, 0.15) is 5.56 Å². The van der Waals surface area contributed by atoms with E-state index in [1.807, 2.05) is 48.5 Å². The highest BCUT2D eigenvalue weighted by atomic mass is 15.1. The van der Waals surface area contributed by atoms with Crippen molar-refractivity contribution in [3.8, 4) is 6.07 Å². The van der Waals surface area contributed by atoms with Gasteiger partial charge in [0.1, 0.15) is 0 Å². The van der Waals surface area contributed by atoms with Crippen LogP contribution < -0.4 is 0 Å². The first-order valence-corrected chi connectivity index (χ1v) is 5.44. The number of hydrogen-bond acceptors (Lipinski definition) is 2. The molecule has 18 heavy (non-hydrogen) atoms. The topological polar surface area (TPSA) is 72.5 Å². The molecule has 0 atom stereocenters. The van der Waals surface area contributed by atoms with Crippen molar-refractivity contribution in [2.45, 2.75) is 0 Å². The van der Waals surface area contributed by atoms with Gasteiger partial charge in [-0.2, -0.15) is 5.26 Å². The first-order chi connectivity index (χ1) is 8.85. The smallest absolute Gasteiger partial charge is 0.0948 e. The summed E-state index contributed by atoms with van der Waals surface area (Å²) in [6.07, 6.45) is 1.76. The summed E-state index contributed by atoms with van der Waals surface area (Å²) >= 11 is 0. The first kappa shape index (κ1) is 11.7. The second kappa shape index (κ2) is 5.53. The van der Waals surface area contributed by atoms with E-state index in [4.69, 9.17) is 10.8 Å². The lowest BCUT2D eigenvalue weighted by atomic mass is 10.0. The molecule has 0 unspecified atom stereocenters. The van der Waals surface area contributed by atoms with Crippen LogP contribution in [0.4, 0.5) is 0 Å². The third kappa shape index (κ3) is 2.49. The van der Waals surface area contributed by atoms with Gasteiger partial charge in [0, 0.05) is 10.5 Å². The summed E-state index contributed by atoms with van der Waals surface area (Å²) in [6.45, 7) is 0.0796. The van der Waals surface area contributed by atoms with Crippen LogP contribution in [0.3, 0.4) is 0 Å². The van der Waals surface area contributed by atoms with E-state index in [2.05, 4.69) is 10.0 Å². The van der Waals surface area contributed by atoms with Crippen LogP contribution in [0.25, 0.3) is 27.3 Å². The van der Waals surface area contributed by atoms with Gasteiger partial charge >= 0.3 is 0 Å². The lowest BCUT2D eigenvalue weighted by Gasteiger charge is -2.02. The Balaban J connectivity index is 2.51. The number of rotatable bonds is 3. The van der Waals surface area contributed by atoms with Crippen LogP contribution in [-0.2, 0) is 0 Å². The molecule has 0 saturated carbocycles. The Hall–Kier alpha value is -2.76. The van der Waals surface area contributed by atoms with Gasteiger partial charge in [0.05, 0.1) is 12.6 Å². The average molecular weight is 234 g/mol. The minimum absolute atomic E-state index is 0.0796. The van der Waals surface area contributed by atoms with Crippen molar-refractivity contribution in [3.05, 3.63) is 64.0 Å². The third-order valence-corrected chi connectivity index (χ3v) is 2.60. The zero-order valence-electron chi connectivity index (χ0n) is 9.61. The van der Waals surface area contributed by atoms with E-state index in [0.717, 1.165) is 16.3 Å². The van der Waals surface area contributed by atoms with Gasteiger partial charge in [-0.15, -0.1) is 0 Å². The van der Waals surface area contributed by atoms with Gasteiger partial charge in [-0.25, -0.2) is 0 Å². The van der Waals surface area contributed by atoms with Gasteiger partial charge in [-0.05, 0) is 27.9 Å². The van der Waals surface area contributed by atoms with Gasteiger partial charge in [0.15, 0.2) is 0 Å². The van der Waals surface area contributed by atoms with E-state index in [0.29, 0.717) is 5.57 Å². The Morgan fingerprint density at radius 3 is 2.83 bits per heavy atom. The highest BCUT2D eigenvalue weighted by Crippen LogP contribution is 2.20. The molecule has 4 nitrogen and oxygen atoms in total. The van der Waals surface area contributed by atoms with E-state index in [-0.39, 0.29) is 6.54 Å². The molecule has 0 radical (unpaired) electrons. The molecule has 0 saturated heterocycles. The van der Waals surface area contributed by atoms with E-state index in [1.54, 1.807) is 6.08 Å². The van der Waals surface area contributed by atoms with E-state index < -0.39 is 0 Å². The molecule has 0 fully saturated rings. The summed E-state index contributed by atoms with van der Waals surface area (Å²) in [5.41, 5.74) is 9.67. The van der Waals surface area contributed by atoms with Crippen molar-refractivity contribution >= 4 is 16.8 Å². The molecule has 2 aromatic rings. The largest absolute Gasteiger partial charge is 0.193 e. The molecule has 86 valence electrons. The average Bonchev–Trinajstić information content (AvgIpc) is 2.43. The summed E-state index contributed by atoms with van der Waals surface area (Å²) in [7, 11) is 0. The summed E-state index contributed by atoms with van der Waals surface area (Å²) in [5, 5.41) is 14.6. The Bertz CT molecular complexity index is 683. The number of nitriles is 1. The van der Waals surface area contributed by atoms with Crippen molar-refractivity contribution in [1.82, 2.24) is 0 Å². The van der Waals surface area contributed by atoms with Crippen LogP contribution >= 0.6 is 0 Å². The predicted molar refractivity (Wildman–Crippen MR) is 71.6 cm³/mol. The maximum atomic E-state index is 8.98. The molecule has 0 aromatic heterocycles. The van der Waals surface area contributed by atoms with Crippen LogP contribution in [0.15, 0.2) is 53.2 Å². The normalized spacial score (nSPS) is 10.7. The van der Waals surface area contributed by atoms with E-state index in [1.165, 1.54) is 0 Å². The van der Waals surface area contributed by atoms with Gasteiger partial charge in [-0.3, -0.25) is 0 Å². The Kier molecular flexibility index (Phi) is 3.60. The highest BCUT2D eigenvalue weighted by Gasteiger charge is 1.99. The third-order valence-electron chi connectivity index (χ3n) is 2.60. The minimum Gasteiger partial charge on any atom is -0.193 e. The molecule has 2 rings (SSSR count). The van der Waals surface area contributed by atoms with E-state index >= 15 is 0 Å². The lowest BCUT2D eigenvalue weighted by Crippen LogP contribution is -1.85. The fourth-order valence-electron chi connectivity index (χ4n) is 1.79. The molecule has 0 amide bonds. The number of azide groups is 1. The molecular formula is C14H10N4. The van der Waals surface area contributed by atoms with Gasteiger partial charge in [0.2, 0.25) is 0 Å². The second-order valence-electron chi connectivity index (χ2n) is 3.74. The number of nitrogens with zero attached hydrogens (tertiary/aromatic N) is 4. The van der Waals surface area contributed by atoms with Crippen LogP contribution in [0.2, 0.25) is 0 Å². The summed E-state index contributed by atoms with van der Waals surface area (Å²) < 4.78 is 0. The van der Waals surface area contributed by atoms with Crippen molar-refractivity contribution in [1.29, 1.82) is 5.26 Å². The maximum absolute atomic E-state index is 8.98. The molecular weight excluding hydrogens is 224 g/mol. The molecule has 0 aliphatic carbocycles. The monoisotopic (exact) mass is 234 g/mol. The van der Waals surface area contributed by atoms with Crippen LogP contribution in [0.5, 0.6) is 0 Å². The quantitative estimate of drug-likeness (QED) is 0.341. The van der Waals surface area contributed by atoms with Crippen molar-refractivity contribution in [3.63, 3.8) is 0 Å². The van der Waals surface area contributed by atoms with Crippen molar-refractivity contribution in [2.24, 2.45) is 5.11 Å². The summed E-state index contributed by atoms with van der Waals surface area (Å²) in [4.78, 5) is 2.66. The SMILES string of the molecule is N#C/C(=C\c1cccc2ccccc12)CN=[N+]=[N-]. The minimum atomic E-state index is 0.0796.